The highest BCUT2D eigenvalue weighted by Crippen LogP contribution is 2.22. The van der Waals surface area contributed by atoms with Crippen molar-refractivity contribution in [2.75, 3.05) is 36.6 Å². The number of esters is 2. The molecule has 58 heavy (non-hydrogen) atoms. The van der Waals surface area contributed by atoms with E-state index in [4.69, 9.17) is 30.7 Å². The molecule has 0 radical (unpaired) electrons. The van der Waals surface area contributed by atoms with Crippen molar-refractivity contribution in [2.24, 2.45) is 23.5 Å². The fourth-order valence-corrected chi connectivity index (χ4v) is 5.99. The maximum absolute atomic E-state index is 13.9. The zero-order chi connectivity index (χ0) is 41.3. The van der Waals surface area contributed by atoms with Crippen molar-refractivity contribution < 1.29 is 33.4 Å². The van der Waals surface area contributed by atoms with Crippen molar-refractivity contribution >= 4 is 52.3 Å². The van der Waals surface area contributed by atoms with Gasteiger partial charge in [0, 0.05) is 36.6 Å². The summed E-state index contributed by atoms with van der Waals surface area (Å²) in [5.74, 6) is -0.376. The second-order valence-corrected chi connectivity index (χ2v) is 13.5. The SMILES string of the molecule is CCCCCCOC(=O)N=C(N)c1ccc(NCc2nc3cc(C(=O)N(CCC(=O)OCCOC(=O)C(N)Cc4ccccc4)c4ccccn4)ccc3n2C)cc1. The quantitative estimate of drug-likeness (QED) is 0.0286. The van der Waals surface area contributed by atoms with E-state index in [0.29, 0.717) is 42.0 Å². The predicted molar refractivity (Wildman–Crippen MR) is 221 cm³/mol. The number of carbonyl (C=O) groups excluding carboxylic acids is 4. The Hall–Kier alpha value is -6.61. The highest BCUT2D eigenvalue weighted by atomic mass is 16.6. The number of hydrogen-bond donors (Lipinski definition) is 3. The highest BCUT2D eigenvalue weighted by molar-refractivity contribution is 6.07. The summed E-state index contributed by atoms with van der Waals surface area (Å²) >= 11 is 0. The van der Waals surface area contributed by atoms with Gasteiger partial charge in [-0.15, -0.1) is 0 Å². The van der Waals surface area contributed by atoms with Crippen LogP contribution in [0.25, 0.3) is 11.0 Å². The molecule has 0 spiro atoms. The van der Waals surface area contributed by atoms with Crippen LogP contribution in [0.4, 0.5) is 16.3 Å². The molecular formula is C43H50N8O7. The van der Waals surface area contributed by atoms with Crippen molar-refractivity contribution in [1.29, 1.82) is 0 Å². The number of benzene rings is 3. The molecule has 5 N–H and O–H groups in total. The molecule has 5 rings (SSSR count). The molecule has 0 fully saturated rings. The number of fused-ring (bicyclic) bond motifs is 1. The highest BCUT2D eigenvalue weighted by Gasteiger charge is 2.22. The van der Waals surface area contributed by atoms with Gasteiger partial charge in [-0.1, -0.05) is 62.6 Å². The van der Waals surface area contributed by atoms with E-state index in [2.05, 4.69) is 22.2 Å². The molecule has 304 valence electrons. The van der Waals surface area contributed by atoms with E-state index >= 15 is 0 Å². The number of unbranched alkanes of at least 4 members (excludes halogenated alkanes) is 3. The van der Waals surface area contributed by atoms with Crippen molar-refractivity contribution in [1.82, 2.24) is 14.5 Å². The van der Waals surface area contributed by atoms with Gasteiger partial charge in [0.25, 0.3) is 5.91 Å². The van der Waals surface area contributed by atoms with Gasteiger partial charge in [-0.3, -0.25) is 19.3 Å². The number of rotatable bonds is 20. The Morgan fingerprint density at radius 1 is 0.862 bits per heavy atom. The lowest BCUT2D eigenvalue weighted by Gasteiger charge is -2.21. The van der Waals surface area contributed by atoms with Gasteiger partial charge in [0.05, 0.1) is 30.6 Å². The zero-order valence-electron chi connectivity index (χ0n) is 32.8. The Morgan fingerprint density at radius 2 is 1.60 bits per heavy atom. The zero-order valence-corrected chi connectivity index (χ0v) is 32.8. The number of amides is 2. The van der Waals surface area contributed by atoms with Gasteiger partial charge < -0.3 is 35.6 Å². The van der Waals surface area contributed by atoms with E-state index in [1.807, 2.05) is 60.1 Å². The molecule has 0 saturated heterocycles. The molecule has 0 aliphatic carbocycles. The monoisotopic (exact) mass is 790 g/mol. The van der Waals surface area contributed by atoms with Crippen LogP contribution in [0.5, 0.6) is 0 Å². The first-order valence-electron chi connectivity index (χ1n) is 19.3. The fraction of sp³-hybridized carbons (Fsp3) is 0.326. The van der Waals surface area contributed by atoms with Crippen LogP contribution < -0.4 is 21.7 Å². The van der Waals surface area contributed by atoms with Gasteiger partial charge in [-0.2, -0.15) is 4.99 Å². The van der Waals surface area contributed by atoms with Crippen LogP contribution >= 0.6 is 0 Å². The minimum atomic E-state index is -0.842. The molecule has 1 unspecified atom stereocenters. The van der Waals surface area contributed by atoms with Crippen LogP contribution in [0.3, 0.4) is 0 Å². The largest absolute Gasteiger partial charge is 0.462 e. The normalized spacial score (nSPS) is 11.8. The van der Waals surface area contributed by atoms with E-state index < -0.39 is 24.1 Å². The Bertz CT molecular complexity index is 2160. The van der Waals surface area contributed by atoms with Crippen LogP contribution in [0, 0.1) is 0 Å². The van der Waals surface area contributed by atoms with E-state index in [0.717, 1.165) is 48.3 Å². The summed E-state index contributed by atoms with van der Waals surface area (Å²) in [6, 6.07) is 26.1. The lowest BCUT2D eigenvalue weighted by molar-refractivity contribution is -0.152. The number of aryl methyl sites for hydroxylation is 1. The van der Waals surface area contributed by atoms with Gasteiger partial charge in [-0.25, -0.2) is 14.8 Å². The van der Waals surface area contributed by atoms with Crippen LogP contribution in [-0.2, 0) is 43.8 Å². The average molecular weight is 791 g/mol. The van der Waals surface area contributed by atoms with Crippen molar-refractivity contribution in [2.45, 2.75) is 58.0 Å². The van der Waals surface area contributed by atoms with Crippen LogP contribution in [0.15, 0.2) is 102 Å². The van der Waals surface area contributed by atoms with E-state index in [-0.39, 0.29) is 37.9 Å². The molecule has 0 aliphatic rings. The molecule has 0 bridgehead atoms. The lowest BCUT2D eigenvalue weighted by atomic mass is 10.1. The lowest BCUT2D eigenvalue weighted by Crippen LogP contribution is -2.35. The topological polar surface area (TPSA) is 206 Å². The Morgan fingerprint density at radius 3 is 2.34 bits per heavy atom. The molecule has 2 aromatic heterocycles. The smallest absolute Gasteiger partial charge is 0.435 e. The average Bonchev–Trinajstić information content (AvgIpc) is 3.56. The van der Waals surface area contributed by atoms with Gasteiger partial charge in [0.2, 0.25) is 0 Å². The van der Waals surface area contributed by atoms with Crippen molar-refractivity contribution in [3.63, 3.8) is 0 Å². The predicted octanol–water partition coefficient (Wildman–Crippen LogP) is 5.70. The van der Waals surface area contributed by atoms with E-state index in [1.54, 1.807) is 48.7 Å². The van der Waals surface area contributed by atoms with Crippen LogP contribution in [-0.4, -0.2) is 76.7 Å². The first kappa shape index (κ1) is 42.5. The number of hydrogen-bond acceptors (Lipinski definition) is 11. The summed E-state index contributed by atoms with van der Waals surface area (Å²) in [5, 5.41) is 3.34. The van der Waals surface area contributed by atoms with Crippen LogP contribution in [0.2, 0.25) is 0 Å². The first-order chi connectivity index (χ1) is 28.1. The van der Waals surface area contributed by atoms with Gasteiger partial charge >= 0.3 is 18.0 Å². The molecule has 15 heteroatoms. The molecule has 2 heterocycles. The third-order valence-electron chi connectivity index (χ3n) is 9.19. The molecule has 15 nitrogen and oxygen atoms in total. The fourth-order valence-electron chi connectivity index (χ4n) is 5.99. The number of imidazole rings is 1. The minimum Gasteiger partial charge on any atom is -0.462 e. The number of aromatic nitrogens is 3. The number of nitrogens with zero attached hydrogens (tertiary/aromatic N) is 5. The third kappa shape index (κ3) is 12.4. The summed E-state index contributed by atoms with van der Waals surface area (Å²) in [4.78, 5) is 65.3. The minimum absolute atomic E-state index is 0.00858. The maximum atomic E-state index is 13.9. The van der Waals surface area contributed by atoms with Crippen LogP contribution in [0.1, 0.15) is 66.3 Å². The second-order valence-electron chi connectivity index (χ2n) is 13.5. The summed E-state index contributed by atoms with van der Waals surface area (Å²) in [6.07, 6.45) is 5.04. The summed E-state index contributed by atoms with van der Waals surface area (Å²) in [5.41, 5.74) is 16.1. The molecule has 0 aliphatic heterocycles. The van der Waals surface area contributed by atoms with Gasteiger partial charge in [0.15, 0.2) is 0 Å². The van der Waals surface area contributed by atoms with Crippen molar-refractivity contribution in [3.8, 4) is 0 Å². The summed E-state index contributed by atoms with van der Waals surface area (Å²) in [6.45, 7) is 2.50. The summed E-state index contributed by atoms with van der Waals surface area (Å²) in [7, 11) is 1.89. The summed E-state index contributed by atoms with van der Waals surface area (Å²) < 4.78 is 17.6. The van der Waals surface area contributed by atoms with Crippen molar-refractivity contribution in [3.05, 3.63) is 120 Å². The number of amidine groups is 1. The molecule has 5 aromatic rings. The Balaban J connectivity index is 1.14. The maximum Gasteiger partial charge on any atom is 0.435 e. The van der Waals surface area contributed by atoms with Gasteiger partial charge in [0.1, 0.15) is 36.7 Å². The number of aliphatic imine (C=N–C) groups is 1. The first-order valence-corrected chi connectivity index (χ1v) is 19.3. The van der Waals surface area contributed by atoms with E-state index in [1.165, 1.54) is 4.90 Å². The number of pyridine rings is 1. The third-order valence-corrected chi connectivity index (χ3v) is 9.19. The second kappa shape index (κ2) is 21.6. The Labute approximate surface area is 337 Å². The number of anilines is 2. The number of nitrogens with one attached hydrogen (secondary N) is 1. The van der Waals surface area contributed by atoms with Gasteiger partial charge in [-0.05, 0) is 73.0 Å². The molecule has 3 aromatic carbocycles. The molecule has 2 amide bonds. The number of nitrogens with two attached hydrogens (primary N) is 2. The Kier molecular flexibility index (Phi) is 15.9. The van der Waals surface area contributed by atoms with E-state index in [9.17, 15) is 19.2 Å². The number of ether oxygens (including phenoxy) is 3. The molecular weight excluding hydrogens is 741 g/mol. The number of carbonyl (C=O) groups is 4. The standard InChI is InChI=1S/C43H50N8O7/c1-3-4-5-11-24-58-43(55)49-40(45)31-15-18-33(19-16-31)47-29-38-48-35-28-32(17-20-36(35)50(38)2)41(53)51(37-14-9-10-22-46-37)23-21-39(52)56-25-26-57-42(54)34(44)27-30-12-7-6-8-13-30/h6-10,12-20,22,28,34,47H,3-5,11,21,23-27,29,44H2,1-2H3,(H2,45,49,55). The molecule has 0 saturated carbocycles. The molecule has 1 atom stereocenters.